The van der Waals surface area contributed by atoms with Crippen LogP contribution in [0.5, 0.6) is 0 Å². The van der Waals surface area contributed by atoms with E-state index in [4.69, 9.17) is 9.84 Å². The van der Waals surface area contributed by atoms with Crippen molar-refractivity contribution in [2.75, 3.05) is 20.3 Å². The predicted molar refractivity (Wildman–Crippen MR) is 68.9 cm³/mol. The minimum absolute atomic E-state index is 0.00819. The van der Waals surface area contributed by atoms with Crippen LogP contribution < -0.4 is 0 Å². The van der Waals surface area contributed by atoms with E-state index in [2.05, 4.69) is 4.74 Å². The second-order valence-electron chi connectivity index (χ2n) is 5.98. The van der Waals surface area contributed by atoms with Crippen LogP contribution in [0.3, 0.4) is 0 Å². The van der Waals surface area contributed by atoms with Crippen LogP contribution in [0.2, 0.25) is 0 Å². The first-order valence-corrected chi connectivity index (χ1v) is 6.49. The molecule has 1 heterocycles. The van der Waals surface area contributed by atoms with Gasteiger partial charge in [0.2, 0.25) is 0 Å². The molecule has 0 aliphatic carbocycles. The first kappa shape index (κ1) is 16.7. The van der Waals surface area contributed by atoms with Crippen molar-refractivity contribution in [2.45, 2.75) is 50.9 Å². The van der Waals surface area contributed by atoms with Crippen molar-refractivity contribution in [3.8, 4) is 0 Å². The Bertz CT molecular complexity index is 381. The van der Waals surface area contributed by atoms with Gasteiger partial charge in [-0.2, -0.15) is 0 Å². The van der Waals surface area contributed by atoms with Gasteiger partial charge in [-0.3, -0.25) is 4.90 Å². The van der Waals surface area contributed by atoms with E-state index < -0.39 is 36.0 Å². The van der Waals surface area contributed by atoms with Gasteiger partial charge in [0.05, 0.1) is 13.7 Å². The van der Waals surface area contributed by atoms with Gasteiger partial charge in [0.1, 0.15) is 17.3 Å². The van der Waals surface area contributed by atoms with E-state index >= 15 is 0 Å². The molecule has 1 N–H and O–H groups in total. The summed E-state index contributed by atoms with van der Waals surface area (Å²) in [6.45, 7) is 4.41. The number of amides is 1. The Labute approximate surface area is 117 Å². The SMILES string of the molecule is COC(=O)C1C[C@@](F)(CO)CCN1C(=O)OC(C)(C)C. The van der Waals surface area contributed by atoms with Gasteiger partial charge in [-0.1, -0.05) is 0 Å². The Morgan fingerprint density at radius 2 is 2.05 bits per heavy atom. The summed E-state index contributed by atoms with van der Waals surface area (Å²) < 4.78 is 24.0. The van der Waals surface area contributed by atoms with Gasteiger partial charge < -0.3 is 14.6 Å². The van der Waals surface area contributed by atoms with Crippen molar-refractivity contribution in [3.05, 3.63) is 0 Å². The molecule has 7 heteroatoms. The number of hydrogen-bond donors (Lipinski definition) is 1. The average Bonchev–Trinajstić information content (AvgIpc) is 2.35. The van der Waals surface area contributed by atoms with Crippen molar-refractivity contribution >= 4 is 12.1 Å². The number of nitrogens with zero attached hydrogens (tertiary/aromatic N) is 1. The van der Waals surface area contributed by atoms with Crippen LogP contribution in [0.4, 0.5) is 9.18 Å². The van der Waals surface area contributed by atoms with Crippen molar-refractivity contribution < 1.29 is 28.6 Å². The average molecular weight is 291 g/mol. The lowest BCUT2D eigenvalue weighted by atomic mass is 9.89. The molecule has 0 spiro atoms. The Morgan fingerprint density at radius 1 is 1.45 bits per heavy atom. The maximum atomic E-state index is 14.2. The Morgan fingerprint density at radius 3 is 2.50 bits per heavy atom. The third kappa shape index (κ3) is 4.06. The summed E-state index contributed by atoms with van der Waals surface area (Å²) in [4.78, 5) is 24.9. The second kappa shape index (κ2) is 5.95. The molecular formula is C13H22FNO5. The summed E-state index contributed by atoms with van der Waals surface area (Å²) in [5.41, 5.74) is -2.59. The van der Waals surface area contributed by atoms with Crippen LogP contribution >= 0.6 is 0 Å². The summed E-state index contributed by atoms with van der Waals surface area (Å²) in [7, 11) is 1.17. The zero-order chi connectivity index (χ0) is 15.6. The molecule has 0 saturated carbocycles. The third-order valence-corrected chi connectivity index (χ3v) is 3.12. The van der Waals surface area contributed by atoms with Crippen molar-refractivity contribution in [1.82, 2.24) is 4.90 Å². The number of methoxy groups -OCH3 is 1. The molecule has 1 aliphatic rings. The van der Waals surface area contributed by atoms with Crippen molar-refractivity contribution in [2.24, 2.45) is 0 Å². The van der Waals surface area contributed by atoms with E-state index in [9.17, 15) is 14.0 Å². The highest BCUT2D eigenvalue weighted by molar-refractivity contribution is 5.82. The molecule has 0 aromatic rings. The Hall–Kier alpha value is -1.37. The number of likely N-dealkylation sites (tertiary alicyclic amines) is 1. The molecule has 1 amide bonds. The molecule has 2 atom stereocenters. The van der Waals surface area contributed by atoms with Gasteiger partial charge in [-0.15, -0.1) is 0 Å². The fourth-order valence-electron chi connectivity index (χ4n) is 2.06. The molecule has 1 aliphatic heterocycles. The number of carbonyl (C=O) groups is 2. The molecule has 1 fully saturated rings. The van der Waals surface area contributed by atoms with Crippen LogP contribution in [0.25, 0.3) is 0 Å². The van der Waals surface area contributed by atoms with Crippen LogP contribution in [0, 0.1) is 0 Å². The first-order chi connectivity index (χ1) is 9.12. The Kier molecular flexibility index (Phi) is 4.96. The van der Waals surface area contributed by atoms with Gasteiger partial charge in [0.25, 0.3) is 0 Å². The maximum Gasteiger partial charge on any atom is 0.411 e. The highest BCUT2D eigenvalue weighted by atomic mass is 19.1. The standard InChI is InChI=1S/C13H22FNO5/c1-12(2,3)20-11(18)15-6-5-13(14,8-16)7-9(15)10(17)19-4/h9,16H,5-8H2,1-4H3/t9?,13-/m1/s1. The number of halogens is 1. The van der Waals surface area contributed by atoms with E-state index in [0.717, 1.165) is 4.90 Å². The molecule has 1 saturated heterocycles. The van der Waals surface area contributed by atoms with E-state index in [1.165, 1.54) is 7.11 Å². The van der Waals surface area contributed by atoms with Crippen molar-refractivity contribution in [1.29, 1.82) is 0 Å². The molecule has 0 aromatic heterocycles. The number of hydrogen-bond acceptors (Lipinski definition) is 5. The van der Waals surface area contributed by atoms with E-state index in [1.807, 2.05) is 0 Å². The molecular weight excluding hydrogens is 269 g/mol. The van der Waals surface area contributed by atoms with Gasteiger partial charge in [0.15, 0.2) is 0 Å². The lowest BCUT2D eigenvalue weighted by Gasteiger charge is -2.40. The van der Waals surface area contributed by atoms with Gasteiger partial charge in [-0.25, -0.2) is 14.0 Å². The highest BCUT2D eigenvalue weighted by Crippen LogP contribution is 2.31. The molecule has 0 radical (unpaired) electrons. The Balaban J connectivity index is 2.89. The third-order valence-electron chi connectivity index (χ3n) is 3.12. The summed E-state index contributed by atoms with van der Waals surface area (Å²) in [6, 6.07) is -1.08. The zero-order valence-electron chi connectivity index (χ0n) is 12.3. The number of ether oxygens (including phenoxy) is 2. The van der Waals surface area contributed by atoms with Crippen LogP contribution in [-0.4, -0.2) is 59.6 Å². The van der Waals surface area contributed by atoms with Gasteiger partial charge >= 0.3 is 12.1 Å². The van der Waals surface area contributed by atoms with Gasteiger partial charge in [-0.05, 0) is 20.8 Å². The van der Waals surface area contributed by atoms with Crippen LogP contribution in [0.1, 0.15) is 33.6 Å². The van der Waals surface area contributed by atoms with E-state index in [-0.39, 0.29) is 19.4 Å². The molecule has 1 rings (SSSR count). The largest absolute Gasteiger partial charge is 0.467 e. The maximum absolute atomic E-state index is 14.2. The van der Waals surface area contributed by atoms with E-state index in [0.29, 0.717) is 0 Å². The summed E-state index contributed by atoms with van der Waals surface area (Å²) in [5, 5.41) is 9.07. The fourth-order valence-corrected chi connectivity index (χ4v) is 2.06. The lowest BCUT2D eigenvalue weighted by Crippen LogP contribution is -2.56. The highest BCUT2D eigenvalue weighted by Gasteiger charge is 2.46. The summed E-state index contributed by atoms with van der Waals surface area (Å²) in [6.07, 6.45) is -1.03. The molecule has 1 unspecified atom stereocenters. The van der Waals surface area contributed by atoms with E-state index in [1.54, 1.807) is 20.8 Å². The molecule has 0 bridgehead atoms. The quantitative estimate of drug-likeness (QED) is 0.775. The first-order valence-electron chi connectivity index (χ1n) is 6.49. The number of carbonyl (C=O) groups excluding carboxylic acids is 2. The van der Waals surface area contributed by atoms with Crippen LogP contribution in [-0.2, 0) is 14.3 Å². The number of esters is 1. The number of piperidine rings is 1. The molecule has 116 valence electrons. The minimum atomic E-state index is -1.88. The zero-order valence-corrected chi connectivity index (χ0v) is 12.3. The molecule has 6 nitrogen and oxygen atoms in total. The number of aliphatic hydroxyl groups excluding tert-OH is 1. The lowest BCUT2D eigenvalue weighted by molar-refractivity contribution is -0.151. The smallest absolute Gasteiger partial charge is 0.411 e. The monoisotopic (exact) mass is 291 g/mol. The summed E-state index contributed by atoms with van der Waals surface area (Å²) in [5.74, 6) is -0.717. The van der Waals surface area contributed by atoms with Crippen LogP contribution in [0.15, 0.2) is 0 Å². The predicted octanol–water partition coefficient (Wildman–Crippen LogP) is 1.26. The number of rotatable bonds is 2. The summed E-state index contributed by atoms with van der Waals surface area (Å²) >= 11 is 0. The molecule has 20 heavy (non-hydrogen) atoms. The number of alkyl halides is 1. The fraction of sp³-hybridized carbons (Fsp3) is 0.846. The normalized spacial score (nSPS) is 27.1. The topological polar surface area (TPSA) is 76.1 Å². The number of aliphatic hydroxyl groups is 1. The van der Waals surface area contributed by atoms with Gasteiger partial charge in [0, 0.05) is 19.4 Å². The minimum Gasteiger partial charge on any atom is -0.467 e. The van der Waals surface area contributed by atoms with Crippen molar-refractivity contribution in [3.63, 3.8) is 0 Å². The molecule has 0 aromatic carbocycles. The second-order valence-corrected chi connectivity index (χ2v) is 5.98.